The minimum Gasteiger partial charge on any atom is -0.382 e. The molecule has 0 aliphatic heterocycles. The predicted molar refractivity (Wildman–Crippen MR) is 60.0 cm³/mol. The second kappa shape index (κ2) is 4.41. The molecule has 1 rings (SSSR count). The van der Waals surface area contributed by atoms with E-state index >= 15 is 0 Å². The number of rotatable bonds is 3. The lowest BCUT2D eigenvalue weighted by Gasteiger charge is -2.09. The molecule has 0 aromatic heterocycles. The predicted octanol–water partition coefficient (Wildman–Crippen LogP) is 2.84. The molecule has 76 valence electrons. The Labute approximate surface area is 90.6 Å². The summed E-state index contributed by atoms with van der Waals surface area (Å²) in [6, 6.07) is 3.28. The van der Waals surface area contributed by atoms with Crippen LogP contribution in [0.5, 0.6) is 0 Å². The van der Waals surface area contributed by atoms with Crippen LogP contribution in [0.15, 0.2) is 12.1 Å². The van der Waals surface area contributed by atoms with Gasteiger partial charge in [-0.2, -0.15) is 0 Å². The molecule has 1 aromatic carbocycles. The summed E-state index contributed by atoms with van der Waals surface area (Å²) < 4.78 is 0. The van der Waals surface area contributed by atoms with Crippen molar-refractivity contribution in [2.75, 3.05) is 12.4 Å². The molecule has 0 unspecified atom stereocenters. The first-order chi connectivity index (χ1) is 6.61. The second-order valence-electron chi connectivity index (χ2n) is 2.90. The zero-order chi connectivity index (χ0) is 10.7. The van der Waals surface area contributed by atoms with Gasteiger partial charge in [-0.15, -0.1) is 0 Å². The van der Waals surface area contributed by atoms with Gasteiger partial charge in [0.1, 0.15) is 5.69 Å². The number of nitro groups is 1. The Morgan fingerprint density at radius 1 is 1.57 bits per heavy atom. The van der Waals surface area contributed by atoms with Crippen molar-refractivity contribution in [1.82, 2.24) is 0 Å². The molecule has 0 aliphatic carbocycles. The fourth-order valence-corrected chi connectivity index (χ4v) is 2.07. The van der Waals surface area contributed by atoms with Crippen LogP contribution in [0, 0.1) is 17.0 Å². The van der Waals surface area contributed by atoms with Crippen LogP contribution in [-0.2, 0) is 5.33 Å². The topological polar surface area (TPSA) is 55.2 Å². The molecular weight excluding hydrogens is 248 g/mol. The molecule has 4 nitrogen and oxygen atoms in total. The van der Waals surface area contributed by atoms with E-state index in [1.165, 1.54) is 6.07 Å². The van der Waals surface area contributed by atoms with Crippen molar-refractivity contribution in [3.8, 4) is 0 Å². The van der Waals surface area contributed by atoms with Crippen molar-refractivity contribution in [3.05, 3.63) is 33.4 Å². The van der Waals surface area contributed by atoms with Gasteiger partial charge >= 0.3 is 0 Å². The first-order valence-corrected chi connectivity index (χ1v) is 5.24. The number of aryl methyl sites for hydroxylation is 1. The van der Waals surface area contributed by atoms with Gasteiger partial charge in [0.25, 0.3) is 5.69 Å². The van der Waals surface area contributed by atoms with Gasteiger partial charge in [0.2, 0.25) is 0 Å². The summed E-state index contributed by atoms with van der Waals surface area (Å²) in [5.41, 5.74) is 2.68. The van der Waals surface area contributed by atoms with Crippen molar-refractivity contribution in [2.45, 2.75) is 12.3 Å². The number of halogens is 1. The van der Waals surface area contributed by atoms with Gasteiger partial charge in [0.15, 0.2) is 0 Å². The van der Waals surface area contributed by atoms with Crippen molar-refractivity contribution in [3.63, 3.8) is 0 Å². The number of alkyl halides is 1. The van der Waals surface area contributed by atoms with Crippen LogP contribution in [0.1, 0.15) is 11.1 Å². The summed E-state index contributed by atoms with van der Waals surface area (Å²) in [6.45, 7) is 1.93. The molecule has 14 heavy (non-hydrogen) atoms. The van der Waals surface area contributed by atoms with Gasteiger partial charge in [-0.3, -0.25) is 10.1 Å². The summed E-state index contributed by atoms with van der Waals surface area (Å²) in [4.78, 5) is 10.3. The highest BCUT2D eigenvalue weighted by molar-refractivity contribution is 9.08. The Kier molecular flexibility index (Phi) is 3.46. The van der Waals surface area contributed by atoms with Crippen LogP contribution in [0.4, 0.5) is 11.4 Å². The molecule has 0 saturated heterocycles. The number of benzene rings is 1. The summed E-state index contributed by atoms with van der Waals surface area (Å²) in [7, 11) is 1.69. The van der Waals surface area contributed by atoms with Gasteiger partial charge in [-0.25, -0.2) is 0 Å². The minimum absolute atomic E-state index is 0.118. The van der Waals surface area contributed by atoms with Crippen molar-refractivity contribution in [1.29, 1.82) is 0 Å². The van der Waals surface area contributed by atoms with E-state index in [9.17, 15) is 10.1 Å². The van der Waals surface area contributed by atoms with E-state index in [0.717, 1.165) is 11.1 Å². The number of nitrogens with one attached hydrogen (secondary N) is 1. The van der Waals surface area contributed by atoms with Crippen molar-refractivity contribution in [2.24, 2.45) is 0 Å². The maximum absolute atomic E-state index is 10.7. The van der Waals surface area contributed by atoms with Crippen LogP contribution in [0.2, 0.25) is 0 Å². The van der Waals surface area contributed by atoms with E-state index in [2.05, 4.69) is 21.2 Å². The third-order valence-corrected chi connectivity index (χ3v) is 2.67. The third-order valence-electron chi connectivity index (χ3n) is 2.11. The Morgan fingerprint density at radius 3 is 2.64 bits per heavy atom. The summed E-state index contributed by atoms with van der Waals surface area (Å²) in [5, 5.41) is 14.2. The lowest BCUT2D eigenvalue weighted by atomic mass is 10.1. The maximum Gasteiger partial charge on any atom is 0.292 e. The van der Waals surface area contributed by atoms with Gasteiger partial charge in [0, 0.05) is 18.4 Å². The Hall–Kier alpha value is -1.10. The molecule has 0 fully saturated rings. The number of nitro benzene ring substituents is 1. The Bertz CT molecular complexity index is 366. The fraction of sp³-hybridized carbons (Fsp3) is 0.333. The normalized spacial score (nSPS) is 9.93. The smallest absolute Gasteiger partial charge is 0.292 e. The molecule has 1 N–H and O–H groups in total. The summed E-state index contributed by atoms with van der Waals surface area (Å²) >= 11 is 3.32. The van der Waals surface area contributed by atoms with E-state index in [4.69, 9.17) is 0 Å². The number of hydrogen-bond acceptors (Lipinski definition) is 3. The number of hydrogen-bond donors (Lipinski definition) is 1. The summed E-state index contributed by atoms with van der Waals surface area (Å²) in [5.74, 6) is 0. The quantitative estimate of drug-likeness (QED) is 0.516. The van der Waals surface area contributed by atoms with E-state index in [1.54, 1.807) is 13.1 Å². The molecule has 0 atom stereocenters. The molecule has 0 aliphatic rings. The van der Waals surface area contributed by atoms with E-state index < -0.39 is 0 Å². The zero-order valence-electron chi connectivity index (χ0n) is 8.00. The van der Waals surface area contributed by atoms with Crippen LogP contribution >= 0.6 is 15.9 Å². The van der Waals surface area contributed by atoms with Gasteiger partial charge in [-0.1, -0.05) is 22.0 Å². The van der Waals surface area contributed by atoms with E-state index in [-0.39, 0.29) is 10.6 Å². The third kappa shape index (κ3) is 1.87. The highest BCUT2D eigenvalue weighted by Crippen LogP contribution is 2.31. The fourth-order valence-electron chi connectivity index (χ4n) is 1.34. The highest BCUT2D eigenvalue weighted by atomic mass is 79.9. The number of anilines is 1. The molecule has 0 heterocycles. The van der Waals surface area contributed by atoms with Gasteiger partial charge in [0.05, 0.1) is 4.92 Å². The van der Waals surface area contributed by atoms with E-state index in [1.807, 2.05) is 6.92 Å². The molecule has 0 radical (unpaired) electrons. The Balaban J connectivity index is 3.40. The van der Waals surface area contributed by atoms with Gasteiger partial charge in [-0.05, 0) is 18.1 Å². The van der Waals surface area contributed by atoms with Crippen LogP contribution in [0.3, 0.4) is 0 Å². The zero-order valence-corrected chi connectivity index (χ0v) is 9.59. The van der Waals surface area contributed by atoms with Crippen molar-refractivity contribution >= 4 is 27.3 Å². The molecule has 0 saturated carbocycles. The highest BCUT2D eigenvalue weighted by Gasteiger charge is 2.17. The maximum atomic E-state index is 10.7. The molecule has 0 bridgehead atoms. The van der Waals surface area contributed by atoms with Crippen LogP contribution in [-0.4, -0.2) is 12.0 Å². The largest absolute Gasteiger partial charge is 0.382 e. The molecule has 5 heteroatoms. The lowest BCUT2D eigenvalue weighted by molar-refractivity contribution is -0.384. The van der Waals surface area contributed by atoms with Crippen LogP contribution in [0.25, 0.3) is 0 Å². The number of nitrogens with zero attached hydrogens (tertiary/aromatic N) is 1. The van der Waals surface area contributed by atoms with E-state index in [0.29, 0.717) is 11.0 Å². The first-order valence-electron chi connectivity index (χ1n) is 4.12. The molecular formula is C9H11BrN2O2. The standard InChI is InChI=1S/C9H11BrN2O2/c1-6-3-4-8(12(13)14)9(11-2)7(6)5-10/h3-4,11H,5H2,1-2H3. The van der Waals surface area contributed by atoms with Gasteiger partial charge < -0.3 is 5.32 Å². The monoisotopic (exact) mass is 258 g/mol. The average Bonchev–Trinajstić information content (AvgIpc) is 2.16. The lowest BCUT2D eigenvalue weighted by Crippen LogP contribution is -2.01. The average molecular weight is 259 g/mol. The Morgan fingerprint density at radius 2 is 2.21 bits per heavy atom. The molecule has 1 aromatic rings. The molecule has 0 spiro atoms. The second-order valence-corrected chi connectivity index (χ2v) is 3.46. The molecule has 0 amide bonds. The SMILES string of the molecule is CNc1c([N+](=O)[O-])ccc(C)c1CBr. The van der Waals surface area contributed by atoms with Crippen molar-refractivity contribution < 1.29 is 4.92 Å². The summed E-state index contributed by atoms with van der Waals surface area (Å²) in [6.07, 6.45) is 0. The van der Waals surface area contributed by atoms with Crippen LogP contribution < -0.4 is 5.32 Å². The first kappa shape index (κ1) is 11.0. The minimum atomic E-state index is -0.378.